The van der Waals surface area contributed by atoms with Crippen molar-refractivity contribution in [1.82, 2.24) is 0 Å². The van der Waals surface area contributed by atoms with Crippen molar-refractivity contribution in [2.45, 2.75) is 36.9 Å². The molecule has 2 aliphatic rings. The van der Waals surface area contributed by atoms with E-state index in [-0.39, 0.29) is 36.7 Å². The van der Waals surface area contributed by atoms with E-state index in [1.54, 1.807) is 6.07 Å². The van der Waals surface area contributed by atoms with Gasteiger partial charge in [0.15, 0.2) is 0 Å². The average Bonchev–Trinajstić information content (AvgIpc) is 2.25. The van der Waals surface area contributed by atoms with Crippen LogP contribution in [0.5, 0.6) is 0 Å². The van der Waals surface area contributed by atoms with E-state index in [2.05, 4.69) is 0 Å². The summed E-state index contributed by atoms with van der Waals surface area (Å²) >= 11 is 0. The maximum atomic E-state index is 14.6. The first-order valence-corrected chi connectivity index (χ1v) is 6.25. The quantitative estimate of drug-likeness (QED) is 0.864. The van der Waals surface area contributed by atoms with Gasteiger partial charge in [0.2, 0.25) is 0 Å². The van der Waals surface area contributed by atoms with Crippen molar-refractivity contribution in [3.8, 4) is 0 Å². The minimum absolute atomic E-state index is 0.0745. The molecule has 3 nitrogen and oxygen atoms in total. The highest BCUT2D eigenvalue weighted by molar-refractivity contribution is 5.80. The summed E-state index contributed by atoms with van der Waals surface area (Å²) in [6, 6.07) is 5.83. The van der Waals surface area contributed by atoms with Crippen LogP contribution < -0.4 is 5.73 Å². The van der Waals surface area contributed by atoms with Gasteiger partial charge in [-0.05, 0) is 37.2 Å². The molecule has 2 aliphatic carbocycles. The number of hydrogen-bond donors (Lipinski definition) is 2. The van der Waals surface area contributed by atoms with Crippen LogP contribution in [0.3, 0.4) is 0 Å². The second kappa shape index (κ2) is 3.54. The van der Waals surface area contributed by atoms with E-state index in [4.69, 9.17) is 10.8 Å². The molecule has 0 unspecified atom stereocenters. The molecule has 2 fully saturated rings. The summed E-state index contributed by atoms with van der Waals surface area (Å²) in [6.45, 7) is 0. The first-order valence-electron chi connectivity index (χ1n) is 6.25. The Hall–Kier alpha value is -1.49. The van der Waals surface area contributed by atoms with E-state index < -0.39 is 23.0 Å². The van der Waals surface area contributed by atoms with Crippen LogP contribution in [0.15, 0.2) is 24.3 Å². The van der Waals surface area contributed by atoms with Crippen LogP contribution >= 0.6 is 0 Å². The van der Waals surface area contributed by atoms with Gasteiger partial charge in [0, 0.05) is 5.56 Å². The molecule has 1 aromatic rings. The van der Waals surface area contributed by atoms with E-state index in [1.807, 2.05) is 0 Å². The van der Waals surface area contributed by atoms with E-state index in [0.717, 1.165) is 0 Å². The topological polar surface area (TPSA) is 63.3 Å². The zero-order valence-electron chi connectivity index (χ0n) is 10.3. The predicted molar refractivity (Wildman–Crippen MR) is 64.6 cm³/mol. The van der Waals surface area contributed by atoms with E-state index in [0.29, 0.717) is 0 Å². The maximum absolute atomic E-state index is 14.6. The molecule has 3 rings (SSSR count). The van der Waals surface area contributed by atoms with Crippen molar-refractivity contribution >= 4 is 5.97 Å². The lowest BCUT2D eigenvalue weighted by molar-refractivity contribution is -0.180. The molecule has 0 aliphatic heterocycles. The van der Waals surface area contributed by atoms with Crippen LogP contribution in [0.4, 0.5) is 8.78 Å². The third kappa shape index (κ3) is 1.68. The van der Waals surface area contributed by atoms with Gasteiger partial charge in [0.05, 0.1) is 0 Å². The smallest absolute Gasteiger partial charge is 0.323 e. The molecule has 0 atom stereocenters. The van der Waals surface area contributed by atoms with Crippen LogP contribution in [-0.2, 0) is 10.5 Å². The Morgan fingerprint density at radius 2 is 1.79 bits per heavy atom. The van der Waals surface area contributed by atoms with E-state index in [9.17, 15) is 13.6 Å². The van der Waals surface area contributed by atoms with Crippen LogP contribution in [-0.4, -0.2) is 16.6 Å². The van der Waals surface area contributed by atoms with Gasteiger partial charge in [0.1, 0.15) is 17.0 Å². The molecule has 0 radical (unpaired) electrons. The maximum Gasteiger partial charge on any atom is 0.323 e. The van der Waals surface area contributed by atoms with Gasteiger partial charge in [-0.2, -0.15) is 0 Å². The number of halogens is 2. The number of carboxylic acids is 1. The molecule has 1 spiro atoms. The van der Waals surface area contributed by atoms with Crippen molar-refractivity contribution in [2.75, 3.05) is 0 Å². The van der Waals surface area contributed by atoms with Gasteiger partial charge >= 0.3 is 5.97 Å². The molecule has 0 saturated heterocycles. The highest BCUT2D eigenvalue weighted by atomic mass is 19.1. The first kappa shape index (κ1) is 12.5. The standard InChI is InChI=1S/C14H15F2NO2/c15-10-4-2-1-3-9(10)13(16)5-12(6-13)7-14(17,8-12)11(18)19/h1-4H,5-8,17H2,(H,18,19). The van der Waals surface area contributed by atoms with Gasteiger partial charge in [-0.1, -0.05) is 18.2 Å². The molecular weight excluding hydrogens is 252 g/mol. The Bertz CT molecular complexity index is 544. The number of aliphatic carboxylic acids is 1. The Labute approximate surface area is 109 Å². The van der Waals surface area contributed by atoms with Gasteiger partial charge in [-0.3, -0.25) is 4.79 Å². The number of carbonyl (C=O) groups is 1. The summed E-state index contributed by atoms with van der Waals surface area (Å²) in [7, 11) is 0. The summed E-state index contributed by atoms with van der Waals surface area (Å²) in [4.78, 5) is 10.9. The lowest BCUT2D eigenvalue weighted by atomic mass is 9.44. The third-order valence-electron chi connectivity index (χ3n) is 4.47. The van der Waals surface area contributed by atoms with Crippen molar-refractivity contribution in [3.05, 3.63) is 35.6 Å². The summed E-state index contributed by atoms with van der Waals surface area (Å²) < 4.78 is 28.2. The second-order valence-corrected chi connectivity index (χ2v) is 6.11. The monoisotopic (exact) mass is 267 g/mol. The molecular formula is C14H15F2NO2. The molecule has 0 heterocycles. The minimum Gasteiger partial charge on any atom is -0.480 e. The zero-order chi connectivity index (χ0) is 13.9. The number of nitrogens with two attached hydrogens (primary N) is 1. The zero-order valence-corrected chi connectivity index (χ0v) is 10.3. The van der Waals surface area contributed by atoms with E-state index >= 15 is 0 Å². The van der Waals surface area contributed by atoms with Gasteiger partial charge < -0.3 is 10.8 Å². The predicted octanol–water partition coefficient (Wildman–Crippen LogP) is 2.35. The molecule has 0 bridgehead atoms. The fraction of sp³-hybridized carbons (Fsp3) is 0.500. The molecule has 3 N–H and O–H groups in total. The molecule has 102 valence electrons. The number of alkyl halides is 1. The Morgan fingerprint density at radius 1 is 1.21 bits per heavy atom. The highest BCUT2D eigenvalue weighted by Crippen LogP contribution is 2.68. The summed E-state index contributed by atoms with van der Waals surface area (Å²) in [5, 5.41) is 8.96. The van der Waals surface area contributed by atoms with Gasteiger partial charge in [-0.25, -0.2) is 8.78 Å². The summed E-state index contributed by atoms with van der Waals surface area (Å²) in [6.07, 6.45) is 0.866. The summed E-state index contributed by atoms with van der Waals surface area (Å²) in [5.74, 6) is -1.59. The third-order valence-corrected chi connectivity index (χ3v) is 4.47. The van der Waals surface area contributed by atoms with Crippen molar-refractivity contribution in [3.63, 3.8) is 0 Å². The molecule has 0 amide bonds. The lowest BCUT2D eigenvalue weighted by Gasteiger charge is -2.62. The van der Waals surface area contributed by atoms with E-state index in [1.165, 1.54) is 18.2 Å². The van der Waals surface area contributed by atoms with Crippen LogP contribution in [0.2, 0.25) is 0 Å². The average molecular weight is 267 g/mol. The SMILES string of the molecule is NC1(C(=O)O)CC2(C1)CC(F)(c1ccccc1F)C2. The normalized spacial score (nSPS) is 40.6. The number of rotatable bonds is 2. The molecule has 19 heavy (non-hydrogen) atoms. The molecule has 5 heteroatoms. The molecule has 0 aromatic heterocycles. The number of hydrogen-bond acceptors (Lipinski definition) is 2. The fourth-order valence-electron chi connectivity index (χ4n) is 3.84. The summed E-state index contributed by atoms with van der Waals surface area (Å²) in [5.41, 5.74) is 2.51. The fourth-order valence-corrected chi connectivity index (χ4v) is 3.84. The molecule has 2 saturated carbocycles. The van der Waals surface area contributed by atoms with Gasteiger partial charge in [-0.15, -0.1) is 0 Å². The Balaban J connectivity index is 1.74. The highest BCUT2D eigenvalue weighted by Gasteiger charge is 2.67. The first-order chi connectivity index (χ1) is 8.79. The number of carboxylic acid groups (broad SMARTS) is 1. The van der Waals surface area contributed by atoms with Crippen LogP contribution in [0, 0.1) is 11.2 Å². The van der Waals surface area contributed by atoms with Crippen molar-refractivity contribution in [1.29, 1.82) is 0 Å². The minimum atomic E-state index is -1.68. The van der Waals surface area contributed by atoms with Crippen LogP contribution in [0.1, 0.15) is 31.2 Å². The van der Waals surface area contributed by atoms with Crippen molar-refractivity contribution < 1.29 is 18.7 Å². The van der Waals surface area contributed by atoms with Crippen molar-refractivity contribution in [2.24, 2.45) is 11.1 Å². The lowest BCUT2D eigenvalue weighted by Crippen LogP contribution is -2.68. The second-order valence-electron chi connectivity index (χ2n) is 6.11. The van der Waals surface area contributed by atoms with Crippen LogP contribution in [0.25, 0.3) is 0 Å². The largest absolute Gasteiger partial charge is 0.480 e. The molecule has 1 aromatic carbocycles. The Kier molecular flexibility index (Phi) is 2.33. The Morgan fingerprint density at radius 3 is 2.32 bits per heavy atom. The number of benzene rings is 1. The van der Waals surface area contributed by atoms with Gasteiger partial charge in [0.25, 0.3) is 0 Å².